The fraction of sp³-hybridized carbons (Fsp3) is 0.933. The van der Waals surface area contributed by atoms with Gasteiger partial charge in [-0.15, -0.1) is 0 Å². The Morgan fingerprint density at radius 2 is 1.95 bits per heavy atom. The molecule has 0 aromatic heterocycles. The number of carbonyl (C=O) groups excluding carboxylic acids is 1. The number of rotatable bonds is 0. The van der Waals surface area contributed by atoms with Crippen molar-refractivity contribution in [3.8, 4) is 0 Å². The van der Waals surface area contributed by atoms with Crippen LogP contribution in [0.2, 0.25) is 0 Å². The quantitative estimate of drug-likeness (QED) is 0.540. The van der Waals surface area contributed by atoms with Gasteiger partial charge in [0.2, 0.25) is 12.1 Å². The zero-order valence-corrected chi connectivity index (χ0v) is 12.6. The minimum Gasteiger partial charge on any atom is -0.430 e. The van der Waals surface area contributed by atoms with E-state index in [1.807, 2.05) is 0 Å². The lowest BCUT2D eigenvalue weighted by molar-refractivity contribution is -0.562. The van der Waals surface area contributed by atoms with Crippen molar-refractivity contribution in [3.05, 3.63) is 0 Å². The third-order valence-electron chi connectivity index (χ3n) is 6.02. The highest BCUT2D eigenvalue weighted by molar-refractivity contribution is 5.80. The molecule has 4 saturated heterocycles. The van der Waals surface area contributed by atoms with Crippen molar-refractivity contribution in [2.75, 3.05) is 0 Å². The molecular weight excluding hydrogens is 276 g/mol. The van der Waals surface area contributed by atoms with Crippen molar-refractivity contribution in [1.29, 1.82) is 0 Å². The van der Waals surface area contributed by atoms with Crippen LogP contribution in [0.4, 0.5) is 0 Å². The molecule has 0 radical (unpaired) electrons. The molecule has 21 heavy (non-hydrogen) atoms. The Balaban J connectivity index is 1.87. The standard InChI is InChI=1S/C15H22O6/c1-8-4-5-10-14(3,17)11(16)18-12-15(10)9(8)6-7-13(2,19-12)20-21-15/h8-10,12,17H,4-7H2,1-3H3/t8-,9+,10+,12-,13-,14+,15-/m1/s1. The zero-order valence-electron chi connectivity index (χ0n) is 12.6. The summed E-state index contributed by atoms with van der Waals surface area (Å²) in [4.78, 5) is 23.6. The number of carbonyl (C=O) groups is 1. The molecule has 7 atom stereocenters. The minimum atomic E-state index is -1.57. The first kappa shape index (κ1) is 13.9. The Kier molecular flexibility index (Phi) is 2.64. The smallest absolute Gasteiger partial charge is 0.340 e. The van der Waals surface area contributed by atoms with E-state index in [1.165, 1.54) is 6.92 Å². The van der Waals surface area contributed by atoms with Gasteiger partial charge in [-0.05, 0) is 39.0 Å². The summed E-state index contributed by atoms with van der Waals surface area (Å²) in [5, 5.41) is 10.7. The number of fused-ring (bicyclic) bond motifs is 2. The second kappa shape index (κ2) is 3.98. The van der Waals surface area contributed by atoms with Gasteiger partial charge >= 0.3 is 5.97 Å². The van der Waals surface area contributed by atoms with E-state index in [2.05, 4.69) is 6.92 Å². The summed E-state index contributed by atoms with van der Waals surface area (Å²) in [7, 11) is 0. The zero-order chi connectivity index (χ0) is 15.0. The molecule has 1 saturated carbocycles. The van der Waals surface area contributed by atoms with Gasteiger partial charge in [-0.3, -0.25) is 0 Å². The van der Waals surface area contributed by atoms with E-state index >= 15 is 0 Å². The lowest BCUT2D eigenvalue weighted by Gasteiger charge is -2.59. The molecule has 5 fully saturated rings. The largest absolute Gasteiger partial charge is 0.430 e. The monoisotopic (exact) mass is 298 g/mol. The van der Waals surface area contributed by atoms with Crippen molar-refractivity contribution in [2.24, 2.45) is 17.8 Å². The normalized spacial score (nSPS) is 59.1. The summed E-state index contributed by atoms with van der Waals surface area (Å²) in [5.74, 6) is -1.34. The van der Waals surface area contributed by atoms with Gasteiger partial charge in [0, 0.05) is 18.3 Å². The predicted octanol–water partition coefficient (Wildman–Crippen LogP) is 1.51. The van der Waals surface area contributed by atoms with E-state index in [0.717, 1.165) is 12.8 Å². The number of hydrogen-bond acceptors (Lipinski definition) is 6. The highest BCUT2D eigenvalue weighted by atomic mass is 17.3. The molecule has 6 heteroatoms. The average molecular weight is 298 g/mol. The van der Waals surface area contributed by atoms with Gasteiger partial charge in [-0.25, -0.2) is 14.6 Å². The second-order valence-corrected chi connectivity index (χ2v) is 7.41. The molecule has 1 aliphatic carbocycles. The summed E-state index contributed by atoms with van der Waals surface area (Å²) in [6, 6.07) is 0. The molecule has 0 amide bonds. The van der Waals surface area contributed by atoms with Gasteiger partial charge in [0.25, 0.3) is 0 Å². The van der Waals surface area contributed by atoms with Crippen LogP contribution in [-0.2, 0) is 24.0 Å². The first-order chi connectivity index (χ1) is 9.80. The van der Waals surface area contributed by atoms with E-state index in [1.54, 1.807) is 6.92 Å². The topological polar surface area (TPSA) is 74.2 Å². The predicted molar refractivity (Wildman–Crippen MR) is 69.5 cm³/mol. The number of ether oxygens (including phenoxy) is 2. The van der Waals surface area contributed by atoms with Crippen LogP contribution in [0.25, 0.3) is 0 Å². The van der Waals surface area contributed by atoms with E-state index < -0.39 is 29.2 Å². The SMILES string of the molecule is C[C@@H]1CC[C@@H]2[C@]34OO[C@](C)(CC[C@@H]13)O[C@H]4OC(=O)[C@@]2(C)O. The van der Waals surface area contributed by atoms with Gasteiger partial charge in [0.1, 0.15) is 0 Å². The van der Waals surface area contributed by atoms with Crippen molar-refractivity contribution in [1.82, 2.24) is 0 Å². The molecule has 4 aliphatic heterocycles. The number of hydrogen-bond donors (Lipinski definition) is 1. The van der Waals surface area contributed by atoms with Gasteiger partial charge < -0.3 is 14.6 Å². The Morgan fingerprint density at radius 3 is 2.71 bits per heavy atom. The third kappa shape index (κ3) is 1.59. The fourth-order valence-electron chi connectivity index (χ4n) is 4.78. The van der Waals surface area contributed by atoms with Crippen LogP contribution in [-0.4, -0.2) is 34.4 Å². The van der Waals surface area contributed by atoms with Gasteiger partial charge in [0.15, 0.2) is 11.2 Å². The molecule has 0 aromatic carbocycles. The van der Waals surface area contributed by atoms with Crippen LogP contribution >= 0.6 is 0 Å². The van der Waals surface area contributed by atoms with Gasteiger partial charge in [-0.1, -0.05) is 6.92 Å². The van der Waals surface area contributed by atoms with Crippen molar-refractivity contribution >= 4 is 5.97 Å². The molecule has 4 heterocycles. The number of esters is 1. The maximum Gasteiger partial charge on any atom is 0.340 e. The molecule has 2 bridgehead atoms. The molecule has 0 unspecified atom stereocenters. The molecule has 0 aromatic rings. The Hall–Kier alpha value is -0.690. The summed E-state index contributed by atoms with van der Waals surface area (Å²) >= 11 is 0. The maximum absolute atomic E-state index is 12.2. The summed E-state index contributed by atoms with van der Waals surface area (Å²) < 4.78 is 11.4. The maximum atomic E-state index is 12.2. The average Bonchev–Trinajstić information content (AvgIpc) is 2.63. The first-order valence-electron chi connectivity index (χ1n) is 7.78. The van der Waals surface area contributed by atoms with E-state index in [0.29, 0.717) is 18.8 Å². The Bertz CT molecular complexity index is 491. The summed E-state index contributed by atoms with van der Waals surface area (Å²) in [6.07, 6.45) is 2.40. The summed E-state index contributed by atoms with van der Waals surface area (Å²) in [5.41, 5.74) is -2.47. The first-order valence-corrected chi connectivity index (χ1v) is 7.78. The van der Waals surface area contributed by atoms with Crippen LogP contribution in [0, 0.1) is 17.8 Å². The number of aliphatic hydroxyl groups is 1. The van der Waals surface area contributed by atoms with Crippen LogP contribution in [0.5, 0.6) is 0 Å². The molecule has 1 N–H and O–H groups in total. The Morgan fingerprint density at radius 1 is 1.19 bits per heavy atom. The Labute approximate surface area is 123 Å². The third-order valence-corrected chi connectivity index (χ3v) is 6.02. The van der Waals surface area contributed by atoms with Gasteiger partial charge in [-0.2, -0.15) is 0 Å². The lowest BCUT2D eigenvalue weighted by Crippen LogP contribution is -2.74. The van der Waals surface area contributed by atoms with Crippen LogP contribution in [0.15, 0.2) is 0 Å². The molecule has 6 nitrogen and oxygen atoms in total. The van der Waals surface area contributed by atoms with Crippen molar-refractivity contribution < 1.29 is 29.1 Å². The molecule has 1 spiro atoms. The minimum absolute atomic E-state index is 0.144. The lowest BCUT2D eigenvalue weighted by atomic mass is 9.57. The molecule has 5 aliphatic rings. The molecular formula is C15H22O6. The van der Waals surface area contributed by atoms with Crippen LogP contribution < -0.4 is 0 Å². The molecule has 118 valence electrons. The van der Waals surface area contributed by atoms with Crippen LogP contribution in [0.3, 0.4) is 0 Å². The van der Waals surface area contributed by atoms with E-state index in [-0.39, 0.29) is 11.8 Å². The fourth-order valence-corrected chi connectivity index (χ4v) is 4.78. The van der Waals surface area contributed by atoms with Crippen molar-refractivity contribution in [3.63, 3.8) is 0 Å². The highest BCUT2D eigenvalue weighted by Gasteiger charge is 2.73. The van der Waals surface area contributed by atoms with Crippen molar-refractivity contribution in [2.45, 2.75) is 69.7 Å². The van der Waals surface area contributed by atoms with E-state index in [9.17, 15) is 9.90 Å². The highest BCUT2D eigenvalue weighted by Crippen LogP contribution is 2.60. The van der Waals surface area contributed by atoms with Crippen LogP contribution in [0.1, 0.15) is 46.5 Å². The van der Waals surface area contributed by atoms with Gasteiger partial charge in [0.05, 0.1) is 0 Å². The molecule has 5 rings (SSSR count). The second-order valence-electron chi connectivity index (χ2n) is 7.41. The summed E-state index contributed by atoms with van der Waals surface area (Å²) in [6.45, 7) is 5.50. The van der Waals surface area contributed by atoms with E-state index in [4.69, 9.17) is 19.2 Å².